The van der Waals surface area contributed by atoms with E-state index in [4.69, 9.17) is 4.74 Å². The number of carbonyl (C=O) groups is 2. The molecule has 0 saturated carbocycles. The van der Waals surface area contributed by atoms with Gasteiger partial charge in [-0.25, -0.2) is 0 Å². The molecule has 21 heavy (non-hydrogen) atoms. The van der Waals surface area contributed by atoms with Gasteiger partial charge in [0.1, 0.15) is 12.4 Å². The number of fused-ring (bicyclic) bond motifs is 1. The number of ether oxygens (including phenoxy) is 2. The molecule has 0 N–H and O–H groups in total. The summed E-state index contributed by atoms with van der Waals surface area (Å²) in [5.74, 6) is 0.416. The number of amides is 1. The number of hydrogen-bond acceptors (Lipinski definition) is 4. The van der Waals surface area contributed by atoms with Gasteiger partial charge in [0.25, 0.3) is 0 Å². The number of benzene rings is 1. The topological polar surface area (TPSA) is 55.8 Å². The molecule has 1 unspecified atom stereocenters. The second-order valence-corrected chi connectivity index (χ2v) is 5.06. The fraction of sp³-hybridized carbons (Fsp3) is 0.500. The average Bonchev–Trinajstić information content (AvgIpc) is 2.54. The van der Waals surface area contributed by atoms with Crippen molar-refractivity contribution in [3.63, 3.8) is 0 Å². The van der Waals surface area contributed by atoms with Crippen LogP contribution < -0.4 is 4.74 Å². The first-order valence-corrected chi connectivity index (χ1v) is 7.22. The molecule has 1 amide bonds. The fourth-order valence-electron chi connectivity index (χ4n) is 2.50. The Balaban J connectivity index is 1.97. The molecule has 1 aliphatic rings. The Morgan fingerprint density at radius 2 is 2.14 bits per heavy atom. The van der Waals surface area contributed by atoms with Crippen molar-refractivity contribution in [1.29, 1.82) is 0 Å². The second-order valence-electron chi connectivity index (χ2n) is 5.06. The lowest BCUT2D eigenvalue weighted by atomic mass is 9.95. The van der Waals surface area contributed by atoms with Crippen LogP contribution >= 0.6 is 0 Å². The maximum absolute atomic E-state index is 12.5. The van der Waals surface area contributed by atoms with Crippen LogP contribution in [0.4, 0.5) is 0 Å². The van der Waals surface area contributed by atoms with Crippen LogP contribution in [0.1, 0.15) is 18.9 Å². The van der Waals surface area contributed by atoms with E-state index in [2.05, 4.69) is 4.74 Å². The number of rotatable bonds is 5. The average molecular weight is 291 g/mol. The predicted octanol–water partition coefficient (Wildman–Crippen LogP) is 1.65. The SMILES string of the molecule is CCN(CCC(=O)OC)C(=O)C1COc2ccccc2C1. The second kappa shape index (κ2) is 7.11. The third-order valence-electron chi connectivity index (χ3n) is 3.74. The molecule has 2 rings (SSSR count). The van der Waals surface area contributed by atoms with Crippen molar-refractivity contribution in [3.05, 3.63) is 29.8 Å². The molecule has 0 aromatic heterocycles. The smallest absolute Gasteiger partial charge is 0.307 e. The minimum atomic E-state index is -0.300. The summed E-state index contributed by atoms with van der Waals surface area (Å²) in [4.78, 5) is 25.4. The molecule has 5 heteroatoms. The molecule has 0 saturated heterocycles. The quantitative estimate of drug-likeness (QED) is 0.774. The van der Waals surface area contributed by atoms with Crippen LogP contribution in [0.2, 0.25) is 0 Å². The van der Waals surface area contributed by atoms with E-state index >= 15 is 0 Å². The summed E-state index contributed by atoms with van der Waals surface area (Å²) in [6, 6.07) is 7.78. The van der Waals surface area contributed by atoms with Crippen LogP contribution in [0.15, 0.2) is 24.3 Å². The fourth-order valence-corrected chi connectivity index (χ4v) is 2.50. The van der Waals surface area contributed by atoms with E-state index in [1.54, 1.807) is 4.90 Å². The van der Waals surface area contributed by atoms with Gasteiger partial charge in [-0.3, -0.25) is 9.59 Å². The Labute approximate surface area is 124 Å². The monoisotopic (exact) mass is 291 g/mol. The number of methoxy groups -OCH3 is 1. The van der Waals surface area contributed by atoms with E-state index in [1.165, 1.54) is 7.11 Å². The van der Waals surface area contributed by atoms with E-state index in [1.807, 2.05) is 31.2 Å². The van der Waals surface area contributed by atoms with Gasteiger partial charge in [-0.2, -0.15) is 0 Å². The summed E-state index contributed by atoms with van der Waals surface area (Å²) in [7, 11) is 1.35. The first kappa shape index (κ1) is 15.4. The van der Waals surface area contributed by atoms with Crippen molar-refractivity contribution in [2.24, 2.45) is 5.92 Å². The first-order chi connectivity index (χ1) is 10.2. The molecule has 1 aromatic rings. The molecule has 114 valence electrons. The van der Waals surface area contributed by atoms with Crippen molar-refractivity contribution in [3.8, 4) is 5.75 Å². The van der Waals surface area contributed by atoms with Gasteiger partial charge in [-0.15, -0.1) is 0 Å². The number of para-hydroxylation sites is 1. The molecule has 0 bridgehead atoms. The van der Waals surface area contributed by atoms with Crippen LogP contribution in [0.25, 0.3) is 0 Å². The Morgan fingerprint density at radius 1 is 1.38 bits per heavy atom. The van der Waals surface area contributed by atoms with Crippen LogP contribution in [0.5, 0.6) is 5.75 Å². The third-order valence-corrected chi connectivity index (χ3v) is 3.74. The van der Waals surface area contributed by atoms with Crippen LogP contribution in [0.3, 0.4) is 0 Å². The van der Waals surface area contributed by atoms with Gasteiger partial charge in [-0.1, -0.05) is 18.2 Å². The molecule has 1 heterocycles. The standard InChI is InChI=1S/C16H21NO4/c1-3-17(9-8-15(18)20-2)16(19)13-10-12-6-4-5-7-14(12)21-11-13/h4-7,13H,3,8-11H2,1-2H3. The van der Waals surface area contributed by atoms with E-state index in [0.29, 0.717) is 26.1 Å². The normalized spacial score (nSPS) is 16.6. The molecule has 0 fully saturated rings. The maximum atomic E-state index is 12.5. The highest BCUT2D eigenvalue weighted by atomic mass is 16.5. The van der Waals surface area contributed by atoms with E-state index in [0.717, 1.165) is 11.3 Å². The highest BCUT2D eigenvalue weighted by molar-refractivity contribution is 5.80. The van der Waals surface area contributed by atoms with Crippen LogP contribution in [-0.2, 0) is 20.7 Å². The van der Waals surface area contributed by atoms with E-state index in [9.17, 15) is 9.59 Å². The summed E-state index contributed by atoms with van der Waals surface area (Å²) in [6.07, 6.45) is 0.907. The Kier molecular flexibility index (Phi) is 5.20. The highest BCUT2D eigenvalue weighted by Gasteiger charge is 2.29. The number of nitrogens with zero attached hydrogens (tertiary/aromatic N) is 1. The van der Waals surface area contributed by atoms with Gasteiger partial charge in [0.15, 0.2) is 0 Å². The molecule has 5 nitrogen and oxygen atoms in total. The zero-order chi connectivity index (χ0) is 15.2. The van der Waals surface area contributed by atoms with Gasteiger partial charge in [0.2, 0.25) is 5.91 Å². The summed E-state index contributed by atoms with van der Waals surface area (Å²) in [5.41, 5.74) is 1.06. The summed E-state index contributed by atoms with van der Waals surface area (Å²) < 4.78 is 10.3. The lowest BCUT2D eigenvalue weighted by molar-refractivity contribution is -0.142. The summed E-state index contributed by atoms with van der Waals surface area (Å²) in [5, 5.41) is 0. The number of carbonyl (C=O) groups excluding carboxylic acids is 2. The van der Waals surface area contributed by atoms with Crippen molar-refractivity contribution < 1.29 is 19.1 Å². The molecule has 1 atom stereocenters. The molecule has 1 aromatic carbocycles. The molecular weight excluding hydrogens is 270 g/mol. The third kappa shape index (κ3) is 3.74. The minimum absolute atomic E-state index is 0.0379. The van der Waals surface area contributed by atoms with E-state index < -0.39 is 0 Å². The van der Waals surface area contributed by atoms with Gasteiger partial charge in [0.05, 0.1) is 19.4 Å². The van der Waals surface area contributed by atoms with Crippen LogP contribution in [-0.4, -0.2) is 43.6 Å². The zero-order valence-electron chi connectivity index (χ0n) is 12.5. The van der Waals surface area contributed by atoms with E-state index in [-0.39, 0.29) is 24.2 Å². The number of esters is 1. The van der Waals surface area contributed by atoms with Gasteiger partial charge >= 0.3 is 5.97 Å². The highest BCUT2D eigenvalue weighted by Crippen LogP contribution is 2.27. The Morgan fingerprint density at radius 3 is 2.86 bits per heavy atom. The minimum Gasteiger partial charge on any atom is -0.492 e. The van der Waals surface area contributed by atoms with Crippen LogP contribution in [0, 0.1) is 5.92 Å². The molecule has 0 aliphatic carbocycles. The van der Waals surface area contributed by atoms with Gasteiger partial charge in [-0.05, 0) is 25.0 Å². The van der Waals surface area contributed by atoms with Gasteiger partial charge < -0.3 is 14.4 Å². The first-order valence-electron chi connectivity index (χ1n) is 7.22. The maximum Gasteiger partial charge on any atom is 0.307 e. The van der Waals surface area contributed by atoms with Crippen molar-refractivity contribution in [2.45, 2.75) is 19.8 Å². The van der Waals surface area contributed by atoms with Crippen molar-refractivity contribution >= 4 is 11.9 Å². The zero-order valence-corrected chi connectivity index (χ0v) is 12.5. The Hall–Kier alpha value is -2.04. The molecule has 0 radical (unpaired) electrons. The predicted molar refractivity (Wildman–Crippen MR) is 78.0 cm³/mol. The number of hydrogen-bond donors (Lipinski definition) is 0. The summed E-state index contributed by atoms with van der Waals surface area (Å²) >= 11 is 0. The van der Waals surface area contributed by atoms with Crippen molar-refractivity contribution in [1.82, 2.24) is 4.90 Å². The lowest BCUT2D eigenvalue weighted by Crippen LogP contribution is -2.41. The molecular formula is C16H21NO4. The lowest BCUT2D eigenvalue weighted by Gasteiger charge is -2.29. The molecule has 1 aliphatic heterocycles. The largest absolute Gasteiger partial charge is 0.492 e. The molecule has 0 spiro atoms. The summed E-state index contributed by atoms with van der Waals surface area (Å²) in [6.45, 7) is 3.27. The Bertz CT molecular complexity index is 515. The van der Waals surface area contributed by atoms with Gasteiger partial charge in [0, 0.05) is 13.1 Å². The van der Waals surface area contributed by atoms with Crippen molar-refractivity contribution in [2.75, 3.05) is 26.8 Å².